The summed E-state index contributed by atoms with van der Waals surface area (Å²) >= 11 is 0. The normalized spacial score (nSPS) is 13.4. The zero-order valence-corrected chi connectivity index (χ0v) is 30.9. The molecular formula is C55H33NO. The van der Waals surface area contributed by atoms with Gasteiger partial charge in [0.2, 0.25) is 0 Å². The molecule has 0 radical (unpaired) electrons. The fraction of sp³-hybridized carbons (Fsp3) is 0.0182. The van der Waals surface area contributed by atoms with E-state index < -0.39 is 5.41 Å². The zero-order valence-electron chi connectivity index (χ0n) is 30.9. The molecule has 264 valence electrons. The molecule has 1 heterocycles. The minimum Gasteiger partial charge on any atom is -0.454 e. The predicted octanol–water partition coefficient (Wildman–Crippen LogP) is 14.9. The molecule has 0 fully saturated rings. The Morgan fingerprint density at radius 1 is 0.333 bits per heavy atom. The maximum atomic E-state index is 6.89. The Labute approximate surface area is 329 Å². The van der Waals surface area contributed by atoms with Crippen molar-refractivity contribution >= 4 is 71.3 Å². The third kappa shape index (κ3) is 3.94. The van der Waals surface area contributed by atoms with Crippen molar-refractivity contribution in [2.75, 3.05) is 4.90 Å². The van der Waals surface area contributed by atoms with Gasteiger partial charge in [0.25, 0.3) is 0 Å². The molecule has 0 aliphatic heterocycles. The second kappa shape index (κ2) is 11.3. The van der Waals surface area contributed by atoms with E-state index in [0.29, 0.717) is 0 Å². The highest BCUT2D eigenvalue weighted by molar-refractivity contribution is 6.26. The Hall–Kier alpha value is -7.42. The Kier molecular flexibility index (Phi) is 6.13. The van der Waals surface area contributed by atoms with Crippen molar-refractivity contribution in [3.63, 3.8) is 0 Å². The predicted molar refractivity (Wildman–Crippen MR) is 237 cm³/mol. The summed E-state index contributed by atoms with van der Waals surface area (Å²) in [5, 5.41) is 9.74. The number of anilines is 3. The number of hydrogen-bond donors (Lipinski definition) is 0. The van der Waals surface area contributed by atoms with Crippen LogP contribution in [0.4, 0.5) is 17.1 Å². The van der Waals surface area contributed by atoms with Gasteiger partial charge in [-0.1, -0.05) is 170 Å². The summed E-state index contributed by atoms with van der Waals surface area (Å²) in [6.45, 7) is 0. The van der Waals surface area contributed by atoms with E-state index in [1.807, 2.05) is 0 Å². The Bertz CT molecular complexity index is 3400. The Balaban J connectivity index is 1.19. The summed E-state index contributed by atoms with van der Waals surface area (Å²) in [5.41, 5.74) is 14.8. The first-order chi connectivity index (χ1) is 28.3. The maximum absolute atomic E-state index is 6.89. The number of rotatable bonds is 3. The standard InChI is InChI=1S/C55H33NO/c1-2-17-37-35(15-1)36-16-3-4-18-38(36)46-33-34(31-32-39(37)46)56(51-29-14-24-45-43-22-8-12-30-52(43)57-54(45)51)50-28-13-23-44-42-21-7-11-27-49(42)55(53(44)50)47-25-9-5-19-40(47)41-20-6-10-26-48(41)55/h1-33H. The lowest BCUT2D eigenvalue weighted by molar-refractivity contribution is 0.669. The van der Waals surface area contributed by atoms with E-state index in [1.165, 1.54) is 76.8 Å². The van der Waals surface area contributed by atoms with Crippen molar-refractivity contribution in [1.29, 1.82) is 0 Å². The van der Waals surface area contributed by atoms with Crippen molar-refractivity contribution in [2.45, 2.75) is 5.41 Å². The molecule has 0 unspecified atom stereocenters. The summed E-state index contributed by atoms with van der Waals surface area (Å²) in [5.74, 6) is 0. The number of fused-ring (bicyclic) bond motifs is 19. The molecule has 1 aromatic heterocycles. The van der Waals surface area contributed by atoms with Crippen LogP contribution in [0, 0.1) is 0 Å². The van der Waals surface area contributed by atoms with Gasteiger partial charge in [-0.3, -0.25) is 0 Å². The molecule has 0 saturated carbocycles. The van der Waals surface area contributed by atoms with E-state index in [0.717, 1.165) is 39.0 Å². The summed E-state index contributed by atoms with van der Waals surface area (Å²) < 4.78 is 6.89. The molecule has 0 atom stereocenters. The fourth-order valence-electron chi connectivity index (χ4n) is 10.7. The average Bonchev–Trinajstić information content (AvgIpc) is 3.92. The maximum Gasteiger partial charge on any atom is 0.159 e. The van der Waals surface area contributed by atoms with Crippen LogP contribution in [0.2, 0.25) is 0 Å². The first-order valence-electron chi connectivity index (χ1n) is 19.8. The van der Waals surface area contributed by atoms with Gasteiger partial charge in [-0.2, -0.15) is 0 Å². The third-order valence-electron chi connectivity index (χ3n) is 12.8. The van der Waals surface area contributed by atoms with E-state index in [9.17, 15) is 0 Å². The van der Waals surface area contributed by atoms with Gasteiger partial charge in [-0.15, -0.1) is 0 Å². The Morgan fingerprint density at radius 2 is 0.789 bits per heavy atom. The molecule has 1 spiro atoms. The van der Waals surface area contributed by atoms with E-state index >= 15 is 0 Å². The lowest BCUT2D eigenvalue weighted by atomic mass is 9.70. The minimum absolute atomic E-state index is 0.532. The quantitative estimate of drug-likeness (QED) is 0.169. The minimum atomic E-state index is -0.532. The highest BCUT2D eigenvalue weighted by atomic mass is 16.3. The number of para-hydroxylation sites is 2. The summed E-state index contributed by atoms with van der Waals surface area (Å²) in [7, 11) is 0. The van der Waals surface area contributed by atoms with Gasteiger partial charge in [-0.25, -0.2) is 0 Å². The molecule has 0 amide bonds. The topological polar surface area (TPSA) is 16.4 Å². The van der Waals surface area contributed by atoms with Crippen LogP contribution in [0.15, 0.2) is 205 Å². The van der Waals surface area contributed by atoms with E-state index in [-0.39, 0.29) is 0 Å². The molecule has 10 aromatic carbocycles. The van der Waals surface area contributed by atoms with Crippen molar-refractivity contribution in [1.82, 2.24) is 0 Å². The molecule has 0 saturated heterocycles. The SMILES string of the molecule is c1ccc2c(c1)-c1ccccc1C21c2ccccc2-c2cccc(N(c3ccc4c5ccccc5c5ccccc5c4c3)c3cccc4c3oc3ccccc34)c21. The number of nitrogens with zero attached hydrogens (tertiary/aromatic N) is 1. The molecule has 2 nitrogen and oxygen atoms in total. The molecule has 0 bridgehead atoms. The van der Waals surface area contributed by atoms with Gasteiger partial charge < -0.3 is 9.32 Å². The zero-order chi connectivity index (χ0) is 37.2. The summed E-state index contributed by atoms with van der Waals surface area (Å²) in [6, 6.07) is 73.8. The second-order valence-electron chi connectivity index (χ2n) is 15.5. The van der Waals surface area contributed by atoms with Crippen LogP contribution in [0.3, 0.4) is 0 Å². The van der Waals surface area contributed by atoms with Crippen molar-refractivity contribution in [2.24, 2.45) is 0 Å². The summed E-state index contributed by atoms with van der Waals surface area (Å²) in [4.78, 5) is 2.49. The van der Waals surface area contributed by atoms with Crippen molar-refractivity contribution < 1.29 is 4.42 Å². The van der Waals surface area contributed by atoms with Gasteiger partial charge in [0, 0.05) is 22.0 Å². The first kappa shape index (κ1) is 30.9. The lowest BCUT2D eigenvalue weighted by Gasteiger charge is -2.36. The Morgan fingerprint density at radius 3 is 1.44 bits per heavy atom. The van der Waals surface area contributed by atoms with Crippen LogP contribution in [0.5, 0.6) is 0 Å². The molecule has 0 N–H and O–H groups in total. The second-order valence-corrected chi connectivity index (χ2v) is 15.5. The molecule has 2 aliphatic rings. The molecule has 57 heavy (non-hydrogen) atoms. The number of furan rings is 1. The van der Waals surface area contributed by atoms with Crippen molar-refractivity contribution in [3.05, 3.63) is 222 Å². The van der Waals surface area contributed by atoms with Gasteiger partial charge in [-0.05, 0) is 102 Å². The van der Waals surface area contributed by atoms with E-state index in [2.05, 4.69) is 205 Å². The monoisotopic (exact) mass is 723 g/mol. The van der Waals surface area contributed by atoms with Crippen LogP contribution in [0.1, 0.15) is 22.3 Å². The van der Waals surface area contributed by atoms with Crippen LogP contribution in [0.25, 0.3) is 76.5 Å². The van der Waals surface area contributed by atoms with Gasteiger partial charge in [0.05, 0.1) is 16.8 Å². The van der Waals surface area contributed by atoms with Crippen LogP contribution in [-0.4, -0.2) is 0 Å². The highest BCUT2D eigenvalue weighted by Crippen LogP contribution is 2.65. The fourth-order valence-corrected chi connectivity index (χ4v) is 10.7. The summed E-state index contributed by atoms with van der Waals surface area (Å²) in [6.07, 6.45) is 0. The molecule has 13 rings (SSSR count). The first-order valence-corrected chi connectivity index (χ1v) is 19.8. The number of hydrogen-bond acceptors (Lipinski definition) is 2. The van der Waals surface area contributed by atoms with Crippen LogP contribution >= 0.6 is 0 Å². The third-order valence-corrected chi connectivity index (χ3v) is 12.8. The largest absolute Gasteiger partial charge is 0.454 e. The van der Waals surface area contributed by atoms with Gasteiger partial charge in [0.1, 0.15) is 5.58 Å². The van der Waals surface area contributed by atoms with Gasteiger partial charge >= 0.3 is 0 Å². The highest BCUT2D eigenvalue weighted by Gasteiger charge is 2.53. The van der Waals surface area contributed by atoms with E-state index in [4.69, 9.17) is 4.42 Å². The van der Waals surface area contributed by atoms with Crippen LogP contribution in [-0.2, 0) is 5.41 Å². The lowest BCUT2D eigenvalue weighted by Crippen LogP contribution is -2.28. The van der Waals surface area contributed by atoms with E-state index in [1.54, 1.807) is 0 Å². The number of benzene rings is 10. The average molecular weight is 724 g/mol. The molecule has 11 aromatic rings. The molecule has 2 heteroatoms. The van der Waals surface area contributed by atoms with Crippen molar-refractivity contribution in [3.8, 4) is 22.3 Å². The molecular weight excluding hydrogens is 691 g/mol. The molecule has 2 aliphatic carbocycles. The van der Waals surface area contributed by atoms with Crippen LogP contribution < -0.4 is 4.90 Å². The smallest absolute Gasteiger partial charge is 0.159 e. The van der Waals surface area contributed by atoms with Gasteiger partial charge in [0.15, 0.2) is 5.58 Å².